The molecule has 11 heavy (non-hydrogen) atoms. The van der Waals surface area contributed by atoms with Crippen LogP contribution in [0.1, 0.15) is 30.9 Å². The molecule has 0 unspecified atom stereocenters. The fourth-order valence-corrected chi connectivity index (χ4v) is 0.938. The maximum atomic E-state index is 3.21. The van der Waals surface area contributed by atoms with Gasteiger partial charge in [-0.3, -0.25) is 0 Å². The molecule has 0 fully saturated rings. The van der Waals surface area contributed by atoms with Crippen molar-refractivity contribution in [3.8, 4) is 0 Å². The Kier molecular flexibility index (Phi) is 4.68. The quantitative estimate of drug-likeness (QED) is 0.699. The van der Waals surface area contributed by atoms with E-state index in [1.54, 1.807) is 0 Å². The van der Waals surface area contributed by atoms with Crippen molar-refractivity contribution in [3.05, 3.63) is 35.4 Å². The van der Waals surface area contributed by atoms with Gasteiger partial charge in [0, 0.05) is 21.1 Å². The Bertz CT molecular complexity index is 216. The van der Waals surface area contributed by atoms with E-state index in [-0.39, 0.29) is 21.1 Å². The molecule has 0 aliphatic carbocycles. The molecule has 0 radical (unpaired) electrons. The van der Waals surface area contributed by atoms with Gasteiger partial charge in [0.1, 0.15) is 0 Å². The van der Waals surface area contributed by atoms with E-state index in [4.69, 9.17) is 0 Å². The van der Waals surface area contributed by atoms with Gasteiger partial charge in [0.15, 0.2) is 0 Å². The topological polar surface area (TPSA) is 0 Å². The zero-order valence-electron chi connectivity index (χ0n) is 7.22. The molecule has 1 aromatic rings. The molecule has 1 rings (SSSR count). The van der Waals surface area contributed by atoms with Gasteiger partial charge in [-0.15, -0.1) is 0 Å². The minimum Gasteiger partial charge on any atom is -0.180 e. The number of rotatable bonds is 1. The summed E-state index contributed by atoms with van der Waals surface area (Å²) in [6.45, 7) is 6.48. The smallest absolute Gasteiger partial charge is 0 e. The zero-order valence-corrected chi connectivity index (χ0v) is 10.2. The van der Waals surface area contributed by atoms with Gasteiger partial charge < -0.3 is 0 Å². The normalized spacial score (nSPS) is 9.45. The molecule has 0 nitrogen and oxygen atoms in total. The van der Waals surface area contributed by atoms with Crippen molar-refractivity contribution in [2.24, 2.45) is 0 Å². The van der Waals surface area contributed by atoms with Crippen LogP contribution in [0.15, 0.2) is 18.2 Å². The molecule has 0 heterocycles. The Morgan fingerprint density at radius 1 is 1.36 bits per heavy atom. The van der Waals surface area contributed by atoms with E-state index in [2.05, 4.69) is 39.0 Å². The summed E-state index contributed by atoms with van der Waals surface area (Å²) in [7, 11) is 0. The van der Waals surface area contributed by atoms with Crippen LogP contribution in [0, 0.1) is 13.0 Å². The third-order valence-corrected chi connectivity index (χ3v) is 1.60. The molecule has 0 aromatic heterocycles. The molecule has 60 valence electrons. The van der Waals surface area contributed by atoms with Crippen molar-refractivity contribution >= 4 is 0 Å². The van der Waals surface area contributed by atoms with Gasteiger partial charge >= 0.3 is 0 Å². The summed E-state index contributed by atoms with van der Waals surface area (Å²) in [6, 6.07) is 9.46. The average Bonchev–Trinajstić information content (AvgIpc) is 1.88. The molecule has 0 aliphatic heterocycles. The number of aryl methyl sites for hydroxylation is 1. The Morgan fingerprint density at radius 2 is 2.00 bits per heavy atom. The minimum atomic E-state index is 0. The van der Waals surface area contributed by atoms with Gasteiger partial charge in [-0.2, -0.15) is 35.4 Å². The van der Waals surface area contributed by atoms with Crippen molar-refractivity contribution in [1.82, 2.24) is 0 Å². The first-order valence-electron chi connectivity index (χ1n) is 3.68. The summed E-state index contributed by atoms with van der Waals surface area (Å²) >= 11 is 0. The maximum absolute atomic E-state index is 3.21. The van der Waals surface area contributed by atoms with Crippen LogP contribution in [0.3, 0.4) is 0 Å². The van der Waals surface area contributed by atoms with Gasteiger partial charge in [0.05, 0.1) is 0 Å². The molecule has 0 spiro atoms. The second-order valence-corrected chi connectivity index (χ2v) is 2.98. The van der Waals surface area contributed by atoms with Crippen LogP contribution in [-0.2, 0) is 21.1 Å². The molecule has 0 saturated carbocycles. The third kappa shape index (κ3) is 3.20. The molecular weight excluding hydrogens is 304 g/mol. The number of hydrogen-bond donors (Lipinski definition) is 0. The third-order valence-electron chi connectivity index (χ3n) is 1.60. The Balaban J connectivity index is 0.000001000. The number of benzene rings is 1. The van der Waals surface area contributed by atoms with E-state index in [1.165, 1.54) is 11.1 Å². The van der Waals surface area contributed by atoms with Crippen LogP contribution in [0.2, 0.25) is 0 Å². The maximum Gasteiger partial charge on any atom is 0 e. The van der Waals surface area contributed by atoms with E-state index >= 15 is 0 Å². The van der Waals surface area contributed by atoms with Gasteiger partial charge in [0.2, 0.25) is 0 Å². The van der Waals surface area contributed by atoms with Crippen molar-refractivity contribution in [3.63, 3.8) is 0 Å². The summed E-state index contributed by atoms with van der Waals surface area (Å²) < 4.78 is 0. The second-order valence-electron chi connectivity index (χ2n) is 2.98. The van der Waals surface area contributed by atoms with Crippen LogP contribution in [0.25, 0.3) is 0 Å². The summed E-state index contributed by atoms with van der Waals surface area (Å²) in [5.41, 5.74) is 2.63. The van der Waals surface area contributed by atoms with Gasteiger partial charge in [-0.25, -0.2) is 0 Å². The summed E-state index contributed by atoms with van der Waals surface area (Å²) in [4.78, 5) is 0. The van der Waals surface area contributed by atoms with Crippen molar-refractivity contribution in [1.29, 1.82) is 0 Å². The molecule has 0 saturated heterocycles. The van der Waals surface area contributed by atoms with E-state index in [9.17, 15) is 0 Å². The van der Waals surface area contributed by atoms with Gasteiger partial charge in [0.25, 0.3) is 0 Å². The second kappa shape index (κ2) is 4.72. The van der Waals surface area contributed by atoms with Crippen LogP contribution < -0.4 is 0 Å². The van der Waals surface area contributed by atoms with E-state index in [0.29, 0.717) is 5.92 Å². The molecule has 1 heteroatoms. The van der Waals surface area contributed by atoms with Gasteiger partial charge in [-0.1, -0.05) is 20.8 Å². The summed E-state index contributed by atoms with van der Waals surface area (Å²) in [6.07, 6.45) is 0. The van der Waals surface area contributed by atoms with Crippen LogP contribution in [0.4, 0.5) is 0 Å². The Morgan fingerprint density at radius 3 is 2.36 bits per heavy atom. The molecule has 1 aromatic carbocycles. The molecule has 0 amide bonds. The average molecular weight is 317 g/mol. The Labute approximate surface area is 83.3 Å². The van der Waals surface area contributed by atoms with Crippen molar-refractivity contribution in [2.75, 3.05) is 0 Å². The van der Waals surface area contributed by atoms with Crippen LogP contribution in [0.5, 0.6) is 0 Å². The molecular formula is C10H13W-. The largest absolute Gasteiger partial charge is 0.180 e. The SMILES string of the molecule is Cc1cc[c-]c(C(C)C)c1.[W]. The number of hydrogen-bond acceptors (Lipinski definition) is 0. The summed E-state index contributed by atoms with van der Waals surface area (Å²) in [5.74, 6) is 0.597. The van der Waals surface area contributed by atoms with E-state index < -0.39 is 0 Å². The zero-order chi connectivity index (χ0) is 7.56. The van der Waals surface area contributed by atoms with Crippen LogP contribution in [-0.4, -0.2) is 0 Å². The van der Waals surface area contributed by atoms with Crippen molar-refractivity contribution in [2.45, 2.75) is 26.7 Å². The first kappa shape index (κ1) is 10.9. The predicted molar refractivity (Wildman–Crippen MR) is 44.1 cm³/mol. The molecule has 0 aliphatic rings. The van der Waals surface area contributed by atoms with Crippen molar-refractivity contribution < 1.29 is 21.1 Å². The van der Waals surface area contributed by atoms with Crippen LogP contribution >= 0.6 is 0 Å². The first-order valence-corrected chi connectivity index (χ1v) is 3.68. The fraction of sp³-hybridized carbons (Fsp3) is 0.400. The Hall–Kier alpha value is -0.0917. The fourth-order valence-electron chi connectivity index (χ4n) is 0.938. The van der Waals surface area contributed by atoms with Gasteiger partial charge in [-0.05, 0) is 5.92 Å². The summed E-state index contributed by atoms with van der Waals surface area (Å²) in [5, 5.41) is 0. The minimum absolute atomic E-state index is 0. The van der Waals surface area contributed by atoms with E-state index in [0.717, 1.165) is 0 Å². The predicted octanol–water partition coefficient (Wildman–Crippen LogP) is 2.92. The molecule has 0 N–H and O–H groups in total. The molecule has 0 bridgehead atoms. The molecule has 0 atom stereocenters. The standard InChI is InChI=1S/C10H13.W/c1-8(2)10-6-4-5-9(3)7-10;/h4-5,7-8H,1-3H3;/q-1;. The monoisotopic (exact) mass is 317 g/mol. The van der Waals surface area contributed by atoms with E-state index in [1.807, 2.05) is 6.07 Å². The first-order chi connectivity index (χ1) is 4.70.